The number of amides is 1. The van der Waals surface area contributed by atoms with Crippen molar-refractivity contribution in [1.82, 2.24) is 19.8 Å². The van der Waals surface area contributed by atoms with Gasteiger partial charge in [-0.1, -0.05) is 0 Å². The van der Waals surface area contributed by atoms with Gasteiger partial charge >= 0.3 is 0 Å². The van der Waals surface area contributed by atoms with Crippen LogP contribution in [0.3, 0.4) is 0 Å². The van der Waals surface area contributed by atoms with Crippen molar-refractivity contribution in [3.8, 4) is 0 Å². The standard InChI is InChI=1S/C22H30N4O2/c1-14-11-25(12-15(2)28-14)13-19-6-5-9-26(19)22(27)18-7-8-20-21(10-18)24-17(4)16(3)23-20/h7-8,10,14-15,19H,5-6,9,11-13H2,1-4H3/t14-,15+,19-/m1/s1. The summed E-state index contributed by atoms with van der Waals surface area (Å²) in [7, 11) is 0. The highest BCUT2D eigenvalue weighted by atomic mass is 16.5. The van der Waals surface area contributed by atoms with Crippen LogP contribution < -0.4 is 0 Å². The van der Waals surface area contributed by atoms with Gasteiger partial charge in [0, 0.05) is 37.8 Å². The predicted molar refractivity (Wildman–Crippen MR) is 110 cm³/mol. The second-order valence-electron chi connectivity index (χ2n) is 8.37. The Labute approximate surface area is 166 Å². The van der Waals surface area contributed by atoms with Crippen molar-refractivity contribution < 1.29 is 9.53 Å². The summed E-state index contributed by atoms with van der Waals surface area (Å²) in [5.74, 6) is 0.110. The molecule has 1 aromatic heterocycles. The summed E-state index contributed by atoms with van der Waals surface area (Å²) in [6.07, 6.45) is 2.63. The van der Waals surface area contributed by atoms with Gasteiger partial charge in [-0.3, -0.25) is 9.69 Å². The van der Waals surface area contributed by atoms with Crippen LogP contribution >= 0.6 is 0 Å². The zero-order chi connectivity index (χ0) is 19.8. The van der Waals surface area contributed by atoms with Gasteiger partial charge in [0.25, 0.3) is 5.91 Å². The van der Waals surface area contributed by atoms with E-state index in [1.54, 1.807) is 0 Å². The minimum atomic E-state index is 0.110. The van der Waals surface area contributed by atoms with E-state index in [0.29, 0.717) is 5.56 Å². The van der Waals surface area contributed by atoms with Gasteiger partial charge in [-0.15, -0.1) is 0 Å². The minimum Gasteiger partial charge on any atom is -0.373 e. The van der Waals surface area contributed by atoms with Gasteiger partial charge in [-0.05, 0) is 58.7 Å². The number of rotatable bonds is 3. The summed E-state index contributed by atoms with van der Waals surface area (Å²) >= 11 is 0. The SMILES string of the molecule is Cc1nc2ccc(C(=O)N3CCC[C@@H]3CN3C[C@@H](C)O[C@@H](C)C3)cc2nc1C. The average molecular weight is 383 g/mol. The number of aryl methyl sites for hydroxylation is 2. The van der Waals surface area contributed by atoms with E-state index in [2.05, 4.69) is 33.6 Å². The van der Waals surface area contributed by atoms with Gasteiger partial charge in [-0.25, -0.2) is 9.97 Å². The monoisotopic (exact) mass is 382 g/mol. The molecular formula is C22H30N4O2. The molecule has 2 aliphatic rings. The molecule has 2 aliphatic heterocycles. The van der Waals surface area contributed by atoms with Crippen molar-refractivity contribution in [2.24, 2.45) is 0 Å². The number of morpholine rings is 1. The van der Waals surface area contributed by atoms with E-state index in [-0.39, 0.29) is 24.2 Å². The molecule has 2 saturated heterocycles. The molecule has 2 aromatic rings. The molecule has 0 unspecified atom stereocenters. The van der Waals surface area contributed by atoms with Crippen LogP contribution in [0.1, 0.15) is 48.4 Å². The smallest absolute Gasteiger partial charge is 0.254 e. The van der Waals surface area contributed by atoms with E-state index in [0.717, 1.165) is 61.4 Å². The van der Waals surface area contributed by atoms with Crippen LogP contribution in [0.4, 0.5) is 0 Å². The summed E-state index contributed by atoms with van der Waals surface area (Å²) in [5.41, 5.74) is 4.18. The Kier molecular flexibility index (Phi) is 5.34. The second-order valence-corrected chi connectivity index (χ2v) is 8.37. The molecule has 6 heteroatoms. The van der Waals surface area contributed by atoms with Crippen molar-refractivity contribution in [2.45, 2.75) is 58.8 Å². The maximum atomic E-state index is 13.3. The normalized spacial score (nSPS) is 26.1. The van der Waals surface area contributed by atoms with Crippen molar-refractivity contribution in [3.63, 3.8) is 0 Å². The molecule has 1 amide bonds. The fraction of sp³-hybridized carbons (Fsp3) is 0.591. The Hall–Kier alpha value is -2.05. The van der Waals surface area contributed by atoms with E-state index >= 15 is 0 Å². The maximum Gasteiger partial charge on any atom is 0.254 e. The highest BCUT2D eigenvalue weighted by Gasteiger charge is 2.33. The summed E-state index contributed by atoms with van der Waals surface area (Å²) in [5, 5.41) is 0. The highest BCUT2D eigenvalue weighted by molar-refractivity contribution is 5.97. The molecule has 0 radical (unpaired) electrons. The van der Waals surface area contributed by atoms with Crippen molar-refractivity contribution in [1.29, 1.82) is 0 Å². The number of aromatic nitrogens is 2. The average Bonchev–Trinajstić information content (AvgIpc) is 3.09. The second kappa shape index (κ2) is 7.76. The molecule has 0 aliphatic carbocycles. The molecule has 3 atom stereocenters. The fourth-order valence-corrected chi connectivity index (χ4v) is 4.55. The number of hydrogen-bond donors (Lipinski definition) is 0. The Bertz CT molecular complexity index is 874. The zero-order valence-corrected chi connectivity index (χ0v) is 17.3. The van der Waals surface area contributed by atoms with Crippen LogP contribution in [0.25, 0.3) is 11.0 Å². The Morgan fingerprint density at radius 2 is 1.79 bits per heavy atom. The lowest BCUT2D eigenvalue weighted by atomic mass is 10.1. The van der Waals surface area contributed by atoms with Gasteiger partial charge in [0.05, 0.1) is 34.6 Å². The number of fused-ring (bicyclic) bond motifs is 1. The van der Waals surface area contributed by atoms with Crippen LogP contribution in [0.15, 0.2) is 18.2 Å². The molecule has 3 heterocycles. The van der Waals surface area contributed by atoms with Crippen LogP contribution in [-0.4, -0.2) is 70.1 Å². The van der Waals surface area contributed by atoms with Crippen LogP contribution in [-0.2, 0) is 4.74 Å². The van der Waals surface area contributed by atoms with E-state index in [1.807, 2.05) is 32.0 Å². The summed E-state index contributed by atoms with van der Waals surface area (Å²) in [4.78, 5) is 27.0. The van der Waals surface area contributed by atoms with E-state index < -0.39 is 0 Å². The molecule has 0 bridgehead atoms. The first-order chi connectivity index (χ1) is 13.4. The third-order valence-corrected chi connectivity index (χ3v) is 5.92. The number of benzene rings is 1. The Morgan fingerprint density at radius 1 is 1.11 bits per heavy atom. The molecule has 150 valence electrons. The van der Waals surface area contributed by atoms with Crippen molar-refractivity contribution >= 4 is 16.9 Å². The zero-order valence-electron chi connectivity index (χ0n) is 17.3. The lowest BCUT2D eigenvalue weighted by Gasteiger charge is -2.38. The molecular weight excluding hydrogens is 352 g/mol. The number of hydrogen-bond acceptors (Lipinski definition) is 5. The molecule has 6 nitrogen and oxygen atoms in total. The number of likely N-dealkylation sites (tertiary alicyclic amines) is 1. The van der Waals surface area contributed by atoms with Crippen LogP contribution in [0.2, 0.25) is 0 Å². The predicted octanol–water partition coefficient (Wildman–Crippen LogP) is 2.96. The third-order valence-electron chi connectivity index (χ3n) is 5.92. The summed E-state index contributed by atoms with van der Waals surface area (Å²) < 4.78 is 5.85. The van der Waals surface area contributed by atoms with Gasteiger partial charge < -0.3 is 9.64 Å². The number of ether oxygens (including phenoxy) is 1. The van der Waals surface area contributed by atoms with Gasteiger partial charge in [0.1, 0.15) is 0 Å². The molecule has 0 saturated carbocycles. The summed E-state index contributed by atoms with van der Waals surface area (Å²) in [6, 6.07) is 5.97. The van der Waals surface area contributed by atoms with E-state index in [4.69, 9.17) is 4.74 Å². The third kappa shape index (κ3) is 3.89. The maximum absolute atomic E-state index is 13.3. The molecule has 1 aromatic carbocycles. The fourth-order valence-electron chi connectivity index (χ4n) is 4.55. The molecule has 4 rings (SSSR count). The number of nitrogens with zero attached hydrogens (tertiary/aromatic N) is 4. The lowest BCUT2D eigenvalue weighted by Crippen LogP contribution is -2.50. The van der Waals surface area contributed by atoms with E-state index in [9.17, 15) is 4.79 Å². The summed E-state index contributed by atoms with van der Waals surface area (Å²) in [6.45, 7) is 11.8. The molecule has 0 N–H and O–H groups in total. The van der Waals surface area contributed by atoms with Crippen LogP contribution in [0.5, 0.6) is 0 Å². The molecule has 2 fully saturated rings. The topological polar surface area (TPSA) is 58.6 Å². The molecule has 0 spiro atoms. The van der Waals surface area contributed by atoms with Crippen LogP contribution in [0, 0.1) is 13.8 Å². The first kappa shape index (κ1) is 19.3. The lowest BCUT2D eigenvalue weighted by molar-refractivity contribution is -0.0715. The Balaban J connectivity index is 1.51. The first-order valence-corrected chi connectivity index (χ1v) is 10.3. The first-order valence-electron chi connectivity index (χ1n) is 10.3. The van der Waals surface area contributed by atoms with Crippen molar-refractivity contribution in [2.75, 3.05) is 26.2 Å². The van der Waals surface area contributed by atoms with Crippen molar-refractivity contribution in [3.05, 3.63) is 35.2 Å². The Morgan fingerprint density at radius 3 is 2.50 bits per heavy atom. The molecule has 28 heavy (non-hydrogen) atoms. The quantitative estimate of drug-likeness (QED) is 0.817. The van der Waals surface area contributed by atoms with Gasteiger partial charge in [0.2, 0.25) is 0 Å². The number of carbonyl (C=O) groups excluding carboxylic acids is 1. The minimum absolute atomic E-state index is 0.110. The van der Waals surface area contributed by atoms with E-state index in [1.165, 1.54) is 0 Å². The number of carbonyl (C=O) groups is 1. The highest BCUT2D eigenvalue weighted by Crippen LogP contribution is 2.24. The van der Waals surface area contributed by atoms with Gasteiger partial charge in [-0.2, -0.15) is 0 Å². The largest absolute Gasteiger partial charge is 0.373 e. The van der Waals surface area contributed by atoms with Gasteiger partial charge in [0.15, 0.2) is 0 Å².